The highest BCUT2D eigenvalue weighted by Crippen LogP contribution is 2.36. The van der Waals surface area contributed by atoms with Crippen LogP contribution in [-0.2, 0) is 0 Å². The van der Waals surface area contributed by atoms with Crippen molar-refractivity contribution < 1.29 is 4.74 Å². The normalized spacial score (nSPS) is 10.7. The van der Waals surface area contributed by atoms with Crippen molar-refractivity contribution in [2.75, 3.05) is 7.11 Å². The number of methoxy groups -OCH3 is 1. The molecule has 0 bridgehead atoms. The molecule has 1 aromatic carbocycles. The van der Waals surface area contributed by atoms with Gasteiger partial charge in [-0.25, -0.2) is 0 Å². The molecule has 0 aliphatic rings. The zero-order chi connectivity index (χ0) is 14.1. The molecule has 0 saturated carbocycles. The Morgan fingerprint density at radius 1 is 1.30 bits per heavy atom. The highest BCUT2D eigenvalue weighted by atomic mass is 79.9. The van der Waals surface area contributed by atoms with Crippen molar-refractivity contribution in [3.8, 4) is 5.75 Å². The molecule has 3 aromatic rings. The third-order valence-corrected chi connectivity index (χ3v) is 4.93. The number of hydrogen-bond donors (Lipinski definition) is 0. The zero-order valence-electron chi connectivity index (χ0n) is 10.9. The number of thiophene rings is 1. The summed E-state index contributed by atoms with van der Waals surface area (Å²) in [5.74, 6) is 0.873. The molecule has 0 amide bonds. The fourth-order valence-electron chi connectivity index (χ4n) is 2.05. The quantitative estimate of drug-likeness (QED) is 0.656. The van der Waals surface area contributed by atoms with Gasteiger partial charge in [0.2, 0.25) is 0 Å². The SMILES string of the molecule is C=C(c1cc2cc(OC)ccc2s1)c1ccncc1Br. The van der Waals surface area contributed by atoms with Crippen LogP contribution in [0.1, 0.15) is 10.4 Å². The number of hydrogen-bond acceptors (Lipinski definition) is 3. The van der Waals surface area contributed by atoms with Gasteiger partial charge in [-0.15, -0.1) is 11.3 Å². The molecule has 0 radical (unpaired) electrons. The molecule has 0 N–H and O–H groups in total. The minimum Gasteiger partial charge on any atom is -0.497 e. The number of fused-ring (bicyclic) bond motifs is 1. The van der Waals surface area contributed by atoms with Gasteiger partial charge in [-0.2, -0.15) is 0 Å². The first-order chi connectivity index (χ1) is 9.69. The van der Waals surface area contributed by atoms with E-state index in [2.05, 4.69) is 39.6 Å². The van der Waals surface area contributed by atoms with E-state index in [1.54, 1.807) is 30.8 Å². The van der Waals surface area contributed by atoms with Crippen LogP contribution in [0.3, 0.4) is 0 Å². The average molecular weight is 346 g/mol. The second-order valence-electron chi connectivity index (χ2n) is 4.35. The number of aromatic nitrogens is 1. The highest BCUT2D eigenvalue weighted by molar-refractivity contribution is 9.10. The molecular weight excluding hydrogens is 334 g/mol. The van der Waals surface area contributed by atoms with E-state index in [0.717, 1.165) is 26.2 Å². The topological polar surface area (TPSA) is 22.1 Å². The Morgan fingerprint density at radius 3 is 2.90 bits per heavy atom. The zero-order valence-corrected chi connectivity index (χ0v) is 13.3. The van der Waals surface area contributed by atoms with Crippen molar-refractivity contribution >= 4 is 42.9 Å². The van der Waals surface area contributed by atoms with Crippen LogP contribution >= 0.6 is 27.3 Å². The van der Waals surface area contributed by atoms with Crippen LogP contribution in [0, 0.1) is 0 Å². The lowest BCUT2D eigenvalue weighted by atomic mass is 10.1. The Kier molecular flexibility index (Phi) is 3.59. The van der Waals surface area contributed by atoms with Crippen LogP contribution in [0.15, 0.2) is 53.8 Å². The van der Waals surface area contributed by atoms with E-state index in [4.69, 9.17) is 4.74 Å². The van der Waals surface area contributed by atoms with Gasteiger partial charge in [0.15, 0.2) is 0 Å². The third kappa shape index (κ3) is 2.37. The van der Waals surface area contributed by atoms with Crippen molar-refractivity contribution in [3.05, 3.63) is 64.2 Å². The summed E-state index contributed by atoms with van der Waals surface area (Å²) in [5, 5.41) is 1.18. The Hall–Kier alpha value is -1.65. The van der Waals surface area contributed by atoms with Gasteiger partial charge >= 0.3 is 0 Å². The molecule has 0 fully saturated rings. The summed E-state index contributed by atoms with van der Waals surface area (Å²) >= 11 is 5.25. The lowest BCUT2D eigenvalue weighted by molar-refractivity contribution is 0.415. The smallest absolute Gasteiger partial charge is 0.119 e. The van der Waals surface area contributed by atoms with Crippen LogP contribution in [0.4, 0.5) is 0 Å². The fraction of sp³-hybridized carbons (Fsp3) is 0.0625. The maximum absolute atomic E-state index is 5.26. The van der Waals surface area contributed by atoms with Crippen molar-refractivity contribution in [1.29, 1.82) is 0 Å². The van der Waals surface area contributed by atoms with Gasteiger partial charge in [-0.05, 0) is 62.8 Å². The summed E-state index contributed by atoms with van der Waals surface area (Å²) in [6, 6.07) is 10.2. The molecular formula is C16H12BrNOS. The standard InChI is InChI=1S/C16H12BrNOS/c1-10(13-5-6-18-9-14(13)17)16-8-11-7-12(19-2)3-4-15(11)20-16/h3-9H,1H2,2H3. The third-order valence-electron chi connectivity index (χ3n) is 3.12. The molecule has 2 heterocycles. The van der Waals surface area contributed by atoms with E-state index in [-0.39, 0.29) is 0 Å². The van der Waals surface area contributed by atoms with Crippen LogP contribution in [0.2, 0.25) is 0 Å². The van der Waals surface area contributed by atoms with Crippen LogP contribution in [0.25, 0.3) is 15.7 Å². The summed E-state index contributed by atoms with van der Waals surface area (Å²) < 4.78 is 7.45. The summed E-state index contributed by atoms with van der Waals surface area (Å²) in [6.07, 6.45) is 3.57. The molecule has 0 atom stereocenters. The first-order valence-corrected chi connectivity index (χ1v) is 7.67. The Morgan fingerprint density at radius 2 is 2.15 bits per heavy atom. The van der Waals surface area contributed by atoms with E-state index in [0.29, 0.717) is 0 Å². The van der Waals surface area contributed by atoms with Gasteiger partial charge in [0, 0.05) is 26.4 Å². The molecule has 0 spiro atoms. The number of nitrogens with zero attached hydrogens (tertiary/aromatic N) is 1. The predicted octanol–water partition coefficient (Wildman–Crippen LogP) is 5.13. The number of pyridine rings is 1. The molecule has 3 rings (SSSR count). The Bertz CT molecular complexity index is 794. The van der Waals surface area contributed by atoms with Crippen molar-refractivity contribution in [2.24, 2.45) is 0 Å². The first-order valence-electron chi connectivity index (χ1n) is 6.06. The van der Waals surface area contributed by atoms with Crippen LogP contribution in [0.5, 0.6) is 5.75 Å². The fourth-order valence-corrected chi connectivity index (χ4v) is 3.57. The van der Waals surface area contributed by atoms with E-state index in [1.165, 1.54) is 10.1 Å². The molecule has 100 valence electrons. The number of benzene rings is 1. The van der Waals surface area contributed by atoms with Crippen molar-refractivity contribution in [3.63, 3.8) is 0 Å². The molecule has 2 aromatic heterocycles. The number of halogens is 1. The largest absolute Gasteiger partial charge is 0.497 e. The molecule has 0 unspecified atom stereocenters. The molecule has 20 heavy (non-hydrogen) atoms. The van der Waals surface area contributed by atoms with Crippen LogP contribution in [-0.4, -0.2) is 12.1 Å². The minimum atomic E-state index is 0.873. The Labute approximate surface area is 129 Å². The summed E-state index contributed by atoms with van der Waals surface area (Å²) in [7, 11) is 1.68. The highest BCUT2D eigenvalue weighted by Gasteiger charge is 2.10. The van der Waals surface area contributed by atoms with Crippen molar-refractivity contribution in [2.45, 2.75) is 0 Å². The molecule has 0 aliphatic carbocycles. The molecule has 0 aliphatic heterocycles. The molecule has 0 saturated heterocycles. The summed E-state index contributed by atoms with van der Waals surface area (Å²) in [5.41, 5.74) is 2.07. The maximum Gasteiger partial charge on any atom is 0.119 e. The van der Waals surface area contributed by atoms with E-state index < -0.39 is 0 Å². The average Bonchev–Trinajstić information content (AvgIpc) is 2.89. The summed E-state index contributed by atoms with van der Waals surface area (Å²) in [6.45, 7) is 4.22. The van der Waals surface area contributed by atoms with Gasteiger partial charge in [0.1, 0.15) is 5.75 Å². The number of ether oxygens (including phenoxy) is 1. The Balaban J connectivity index is 2.06. The van der Waals surface area contributed by atoms with Crippen LogP contribution < -0.4 is 4.74 Å². The lowest BCUT2D eigenvalue weighted by Crippen LogP contribution is -1.85. The predicted molar refractivity (Wildman–Crippen MR) is 88.5 cm³/mol. The summed E-state index contributed by atoms with van der Waals surface area (Å²) in [4.78, 5) is 5.24. The molecule has 2 nitrogen and oxygen atoms in total. The van der Waals surface area contributed by atoms with Gasteiger partial charge in [0.25, 0.3) is 0 Å². The number of rotatable bonds is 3. The lowest BCUT2D eigenvalue weighted by Gasteiger charge is -2.04. The second-order valence-corrected chi connectivity index (χ2v) is 6.29. The van der Waals surface area contributed by atoms with Gasteiger partial charge in [-0.1, -0.05) is 6.58 Å². The van der Waals surface area contributed by atoms with E-state index in [1.807, 2.05) is 18.2 Å². The van der Waals surface area contributed by atoms with Crippen molar-refractivity contribution in [1.82, 2.24) is 4.98 Å². The van der Waals surface area contributed by atoms with E-state index >= 15 is 0 Å². The first kappa shape index (κ1) is 13.3. The van der Waals surface area contributed by atoms with Gasteiger partial charge in [0.05, 0.1) is 7.11 Å². The minimum absolute atomic E-state index is 0.873. The maximum atomic E-state index is 5.26. The van der Waals surface area contributed by atoms with E-state index in [9.17, 15) is 0 Å². The monoisotopic (exact) mass is 345 g/mol. The molecule has 4 heteroatoms. The van der Waals surface area contributed by atoms with Gasteiger partial charge in [-0.3, -0.25) is 4.98 Å². The second kappa shape index (κ2) is 5.38. The van der Waals surface area contributed by atoms with Gasteiger partial charge < -0.3 is 4.74 Å².